The maximum atomic E-state index is 12.1. The maximum absolute atomic E-state index is 12.1. The minimum Gasteiger partial charge on any atom is -0.492 e. The first-order valence-electron chi connectivity index (χ1n) is 7.62. The number of amides is 1. The number of piperidine rings is 1. The van der Waals surface area contributed by atoms with Crippen molar-refractivity contribution in [3.05, 3.63) is 22.7 Å². The fraction of sp³-hybridized carbons (Fsp3) is 0.562. The van der Waals surface area contributed by atoms with Crippen LogP contribution in [0.15, 0.2) is 22.7 Å². The summed E-state index contributed by atoms with van der Waals surface area (Å²) in [5, 5.41) is 6.31. The van der Waals surface area contributed by atoms with Gasteiger partial charge in [-0.3, -0.25) is 4.79 Å². The van der Waals surface area contributed by atoms with Gasteiger partial charge >= 0.3 is 0 Å². The zero-order valence-electron chi connectivity index (χ0n) is 12.9. The van der Waals surface area contributed by atoms with Gasteiger partial charge in [-0.15, -0.1) is 12.4 Å². The van der Waals surface area contributed by atoms with Crippen LogP contribution in [-0.2, 0) is 4.79 Å². The van der Waals surface area contributed by atoms with Gasteiger partial charge in [0.15, 0.2) is 0 Å². The second-order valence-corrected chi connectivity index (χ2v) is 6.27. The van der Waals surface area contributed by atoms with E-state index in [-0.39, 0.29) is 18.3 Å². The van der Waals surface area contributed by atoms with Crippen LogP contribution in [0.4, 0.5) is 5.69 Å². The van der Waals surface area contributed by atoms with E-state index in [1.165, 1.54) is 12.8 Å². The summed E-state index contributed by atoms with van der Waals surface area (Å²) in [5.74, 6) is 1.45. The van der Waals surface area contributed by atoms with Crippen LogP contribution < -0.4 is 15.4 Å². The van der Waals surface area contributed by atoms with Crippen molar-refractivity contribution in [1.29, 1.82) is 0 Å². The molecule has 0 spiro atoms. The Labute approximate surface area is 146 Å². The van der Waals surface area contributed by atoms with Gasteiger partial charge in [0, 0.05) is 10.9 Å². The number of carbonyl (C=O) groups excluding carboxylic acids is 1. The average Bonchev–Trinajstić information content (AvgIpc) is 2.49. The highest BCUT2D eigenvalue weighted by Crippen LogP contribution is 2.29. The molecular formula is C16H24BrClN2O2. The monoisotopic (exact) mass is 390 g/mol. The minimum atomic E-state index is 0. The van der Waals surface area contributed by atoms with Gasteiger partial charge in [-0.1, -0.05) is 15.9 Å². The van der Waals surface area contributed by atoms with Gasteiger partial charge in [-0.2, -0.15) is 0 Å². The molecule has 1 aliphatic rings. The first kappa shape index (κ1) is 19.3. The lowest BCUT2D eigenvalue weighted by Crippen LogP contribution is -2.28. The molecule has 0 saturated carbocycles. The molecule has 0 aliphatic carbocycles. The summed E-state index contributed by atoms with van der Waals surface area (Å²) in [6.45, 7) is 4.67. The molecule has 2 N–H and O–H groups in total. The van der Waals surface area contributed by atoms with Crippen molar-refractivity contribution >= 4 is 39.9 Å². The average molecular weight is 392 g/mol. The standard InChI is InChI=1S/C16H23BrN2O2.ClH/c1-2-21-15-11-13(17)4-5-14(15)19-16(20)6-3-12-7-9-18-10-8-12;/h4-5,11-12,18H,2-3,6-10H2,1H3,(H,19,20);1H. The van der Waals surface area contributed by atoms with E-state index < -0.39 is 0 Å². The Morgan fingerprint density at radius 2 is 2.14 bits per heavy atom. The molecule has 4 nitrogen and oxygen atoms in total. The molecule has 1 aliphatic heterocycles. The topological polar surface area (TPSA) is 50.4 Å². The van der Waals surface area contributed by atoms with Crippen LogP contribution in [0.25, 0.3) is 0 Å². The summed E-state index contributed by atoms with van der Waals surface area (Å²) >= 11 is 3.42. The molecule has 1 fully saturated rings. The van der Waals surface area contributed by atoms with E-state index in [1.54, 1.807) is 0 Å². The van der Waals surface area contributed by atoms with Crippen molar-refractivity contribution in [2.24, 2.45) is 5.92 Å². The van der Waals surface area contributed by atoms with Crippen LogP contribution in [-0.4, -0.2) is 25.6 Å². The Morgan fingerprint density at radius 1 is 1.41 bits per heavy atom. The van der Waals surface area contributed by atoms with Crippen molar-refractivity contribution in [3.8, 4) is 5.75 Å². The number of nitrogens with one attached hydrogen (secondary N) is 2. The number of anilines is 1. The normalized spacial score (nSPS) is 15.0. The number of halogens is 2. The van der Waals surface area contributed by atoms with Crippen molar-refractivity contribution in [3.63, 3.8) is 0 Å². The molecular weight excluding hydrogens is 368 g/mol. The summed E-state index contributed by atoms with van der Waals surface area (Å²) in [6.07, 6.45) is 3.89. The third-order valence-electron chi connectivity index (χ3n) is 3.76. The highest BCUT2D eigenvalue weighted by atomic mass is 79.9. The van der Waals surface area contributed by atoms with E-state index in [1.807, 2.05) is 25.1 Å². The van der Waals surface area contributed by atoms with Crippen LogP contribution in [0.2, 0.25) is 0 Å². The smallest absolute Gasteiger partial charge is 0.224 e. The fourth-order valence-corrected chi connectivity index (χ4v) is 2.93. The molecule has 1 aromatic carbocycles. The van der Waals surface area contributed by atoms with Crippen LogP contribution >= 0.6 is 28.3 Å². The van der Waals surface area contributed by atoms with E-state index in [9.17, 15) is 4.79 Å². The van der Waals surface area contributed by atoms with E-state index >= 15 is 0 Å². The maximum Gasteiger partial charge on any atom is 0.224 e. The molecule has 2 rings (SSSR count). The summed E-state index contributed by atoms with van der Waals surface area (Å²) < 4.78 is 6.50. The molecule has 0 bridgehead atoms. The van der Waals surface area contributed by atoms with Crippen LogP contribution in [0.3, 0.4) is 0 Å². The SMILES string of the molecule is CCOc1cc(Br)ccc1NC(=O)CCC1CCNCC1.Cl. The van der Waals surface area contributed by atoms with Crippen molar-refractivity contribution in [2.45, 2.75) is 32.6 Å². The molecule has 6 heteroatoms. The molecule has 124 valence electrons. The van der Waals surface area contributed by atoms with Crippen molar-refractivity contribution in [1.82, 2.24) is 5.32 Å². The van der Waals surface area contributed by atoms with Gasteiger partial charge in [0.25, 0.3) is 0 Å². The van der Waals surface area contributed by atoms with Gasteiger partial charge in [-0.25, -0.2) is 0 Å². The summed E-state index contributed by atoms with van der Waals surface area (Å²) in [5.41, 5.74) is 0.746. The second-order valence-electron chi connectivity index (χ2n) is 5.35. The highest BCUT2D eigenvalue weighted by Gasteiger charge is 2.15. The lowest BCUT2D eigenvalue weighted by Gasteiger charge is -2.22. The molecule has 0 aromatic heterocycles. The summed E-state index contributed by atoms with van der Waals surface area (Å²) in [7, 11) is 0. The van der Waals surface area contributed by atoms with E-state index in [0.717, 1.165) is 29.7 Å². The van der Waals surface area contributed by atoms with Crippen molar-refractivity contribution in [2.75, 3.05) is 25.0 Å². The van der Waals surface area contributed by atoms with Crippen LogP contribution in [0.1, 0.15) is 32.6 Å². The first-order valence-corrected chi connectivity index (χ1v) is 8.41. The highest BCUT2D eigenvalue weighted by molar-refractivity contribution is 9.10. The summed E-state index contributed by atoms with van der Waals surface area (Å²) in [4.78, 5) is 12.1. The first-order chi connectivity index (χ1) is 10.2. The minimum absolute atomic E-state index is 0. The Kier molecular flexibility index (Phi) is 8.83. The predicted molar refractivity (Wildman–Crippen MR) is 96.0 cm³/mol. The molecule has 0 unspecified atom stereocenters. The molecule has 0 atom stereocenters. The van der Waals surface area contributed by atoms with Gasteiger partial charge in [-0.05, 0) is 63.4 Å². The third-order valence-corrected chi connectivity index (χ3v) is 4.25. The molecule has 0 radical (unpaired) electrons. The Morgan fingerprint density at radius 3 is 2.82 bits per heavy atom. The Hall–Kier alpha value is -0.780. The molecule has 1 heterocycles. The second kappa shape index (κ2) is 10.1. The van der Waals surface area contributed by atoms with Gasteiger partial charge in [0.2, 0.25) is 5.91 Å². The lowest BCUT2D eigenvalue weighted by molar-refractivity contribution is -0.116. The van der Waals surface area contributed by atoms with E-state index in [4.69, 9.17) is 4.74 Å². The van der Waals surface area contributed by atoms with E-state index in [0.29, 0.717) is 24.7 Å². The molecule has 22 heavy (non-hydrogen) atoms. The Bertz CT molecular complexity index is 479. The zero-order valence-corrected chi connectivity index (χ0v) is 15.3. The number of carbonyl (C=O) groups is 1. The fourth-order valence-electron chi connectivity index (χ4n) is 2.59. The van der Waals surface area contributed by atoms with E-state index in [2.05, 4.69) is 26.6 Å². The summed E-state index contributed by atoms with van der Waals surface area (Å²) in [6, 6.07) is 5.66. The molecule has 1 amide bonds. The van der Waals surface area contributed by atoms with Gasteiger partial charge in [0.1, 0.15) is 5.75 Å². The lowest BCUT2D eigenvalue weighted by atomic mass is 9.93. The zero-order chi connectivity index (χ0) is 15.1. The largest absolute Gasteiger partial charge is 0.492 e. The van der Waals surface area contributed by atoms with Gasteiger partial charge < -0.3 is 15.4 Å². The van der Waals surface area contributed by atoms with Crippen LogP contribution in [0, 0.1) is 5.92 Å². The quantitative estimate of drug-likeness (QED) is 0.771. The Balaban J connectivity index is 0.00000242. The number of rotatable bonds is 6. The van der Waals surface area contributed by atoms with Crippen LogP contribution in [0.5, 0.6) is 5.75 Å². The predicted octanol–water partition coefficient (Wildman–Crippen LogP) is 3.99. The molecule has 1 saturated heterocycles. The third kappa shape index (κ3) is 6.15. The number of hydrogen-bond donors (Lipinski definition) is 2. The number of hydrogen-bond acceptors (Lipinski definition) is 3. The van der Waals surface area contributed by atoms with Gasteiger partial charge in [0.05, 0.1) is 12.3 Å². The van der Waals surface area contributed by atoms with Crippen molar-refractivity contribution < 1.29 is 9.53 Å². The molecule has 1 aromatic rings. The number of ether oxygens (including phenoxy) is 1. The number of benzene rings is 1.